The Labute approximate surface area is 206 Å². The van der Waals surface area contributed by atoms with Crippen LogP contribution in [0.5, 0.6) is 0 Å². The summed E-state index contributed by atoms with van der Waals surface area (Å²) in [5, 5.41) is 36.6. The number of methoxy groups -OCH3 is 1. The second-order valence-corrected chi connectivity index (χ2v) is 11.2. The molecule has 0 amide bonds. The smallest absolute Gasteiger partial charge is 0.361 e. The van der Waals surface area contributed by atoms with Crippen molar-refractivity contribution in [3.05, 3.63) is 23.0 Å². The molecule has 1 aliphatic carbocycles. The molecule has 13 nitrogen and oxygen atoms in total. The molecule has 35 heavy (non-hydrogen) atoms. The third-order valence-electron chi connectivity index (χ3n) is 6.51. The minimum Gasteiger partial charge on any atom is -0.393 e. The largest absolute Gasteiger partial charge is 0.393 e. The predicted molar refractivity (Wildman–Crippen MR) is 123 cm³/mol. The van der Waals surface area contributed by atoms with Crippen molar-refractivity contribution in [1.82, 2.24) is 14.6 Å². The van der Waals surface area contributed by atoms with Gasteiger partial charge in [-0.15, -0.1) is 0 Å². The molecule has 0 bridgehead atoms. The fourth-order valence-corrected chi connectivity index (χ4v) is 5.44. The first kappa shape index (κ1) is 26.7. The van der Waals surface area contributed by atoms with E-state index < -0.39 is 57.2 Å². The molecule has 1 unspecified atom stereocenters. The van der Waals surface area contributed by atoms with Gasteiger partial charge in [0.15, 0.2) is 5.65 Å². The second kappa shape index (κ2) is 10.5. The summed E-state index contributed by atoms with van der Waals surface area (Å²) < 4.78 is 29.5. The Kier molecular flexibility index (Phi) is 8.04. The van der Waals surface area contributed by atoms with Gasteiger partial charge in [0.1, 0.15) is 35.4 Å². The molecule has 2 aromatic rings. The van der Waals surface area contributed by atoms with Crippen LogP contribution in [0.25, 0.3) is 5.65 Å². The monoisotopic (exact) mass is 536 g/mol. The molecule has 2 aliphatic rings. The fourth-order valence-electron chi connectivity index (χ4n) is 4.53. The maximum atomic E-state index is 11.9. The van der Waals surface area contributed by atoms with Gasteiger partial charge >= 0.3 is 7.60 Å². The highest BCUT2D eigenvalue weighted by Gasteiger charge is 2.51. The normalized spacial score (nSPS) is 27.5. The lowest BCUT2D eigenvalue weighted by atomic mass is 10.0. The predicted octanol–water partition coefficient (Wildman–Crippen LogP) is 0.428. The van der Waals surface area contributed by atoms with E-state index in [4.69, 9.17) is 25.8 Å². The third-order valence-corrected chi connectivity index (χ3v) is 8.16. The number of hydrogen-bond acceptors (Lipinski definition) is 10. The van der Waals surface area contributed by atoms with Crippen LogP contribution < -0.4 is 5.32 Å². The lowest BCUT2D eigenvalue weighted by molar-refractivity contribution is -0.119. The highest BCUT2D eigenvalue weighted by molar-refractivity contribution is 7.53. The van der Waals surface area contributed by atoms with Crippen LogP contribution in [0.2, 0.25) is 5.15 Å². The summed E-state index contributed by atoms with van der Waals surface area (Å²) >= 11 is 6.25. The maximum Gasteiger partial charge on any atom is 0.361 e. The average Bonchev–Trinajstić information content (AvgIpc) is 3.52. The number of anilines is 1. The summed E-state index contributed by atoms with van der Waals surface area (Å²) in [5.41, 5.74) is 0.700. The lowest BCUT2D eigenvalue weighted by Crippen LogP contribution is -2.44. The van der Waals surface area contributed by atoms with E-state index in [0.717, 1.165) is 25.7 Å². The highest BCUT2D eigenvalue weighted by Crippen LogP contribution is 2.51. The molecule has 0 spiro atoms. The maximum absolute atomic E-state index is 11.9. The van der Waals surface area contributed by atoms with Crippen LogP contribution >= 0.6 is 19.2 Å². The van der Waals surface area contributed by atoms with Crippen molar-refractivity contribution in [1.29, 1.82) is 0 Å². The molecular formula is C20H30ClN4O9P. The summed E-state index contributed by atoms with van der Waals surface area (Å²) in [6, 6.07) is 1.95. The number of nitrogens with one attached hydrogen (secondary N) is 1. The van der Waals surface area contributed by atoms with E-state index in [9.17, 15) is 29.7 Å². The van der Waals surface area contributed by atoms with Crippen LogP contribution in [0, 0.1) is 0 Å². The molecular weight excluding hydrogens is 507 g/mol. The molecule has 1 saturated carbocycles. The molecule has 2 aromatic heterocycles. The number of nitrogens with zero attached hydrogens (tertiary/aromatic N) is 3. The van der Waals surface area contributed by atoms with Crippen LogP contribution in [0.1, 0.15) is 37.4 Å². The van der Waals surface area contributed by atoms with Crippen molar-refractivity contribution < 1.29 is 43.9 Å². The van der Waals surface area contributed by atoms with Crippen molar-refractivity contribution in [2.45, 2.75) is 61.5 Å². The summed E-state index contributed by atoms with van der Waals surface area (Å²) in [6.07, 6.45) is 0.680. The van der Waals surface area contributed by atoms with E-state index in [0.29, 0.717) is 17.0 Å². The topological polar surface area (TPSA) is 188 Å². The molecule has 15 heteroatoms. The van der Waals surface area contributed by atoms with Gasteiger partial charge in [-0.2, -0.15) is 9.61 Å². The summed E-state index contributed by atoms with van der Waals surface area (Å²) in [7, 11) is -3.78. The Balaban J connectivity index is 1.56. The second-order valence-electron chi connectivity index (χ2n) is 8.89. The van der Waals surface area contributed by atoms with Gasteiger partial charge in [-0.1, -0.05) is 24.4 Å². The SMILES string of the molecule is COCC(CO)(OC[C@H]1O[C@H](c2cnn3c(NC4CCCC4)cc(Cl)nc23)[C@H](O)[C@@H]1O)P(=O)(O)O. The zero-order valence-electron chi connectivity index (χ0n) is 19.0. The number of halogens is 1. The number of hydrogen-bond donors (Lipinski definition) is 6. The van der Waals surface area contributed by atoms with Crippen LogP contribution in [-0.2, 0) is 18.8 Å². The standard InChI is InChI=1S/C20H30ClN4O9P/c1-32-10-20(9-26,35(29,30)31)33-8-13-16(27)17(28)18(34-13)12-7-22-25-15(6-14(21)24-19(12)25)23-11-4-2-3-5-11/h6-7,11,13,16-18,23,26-28H,2-5,8-10H2,1H3,(H2,29,30,31)/t13-,16-,17-,18-,20?/m1/s1. The molecule has 3 heterocycles. The molecule has 0 radical (unpaired) electrons. The molecule has 0 aromatic carbocycles. The molecule has 5 atom stereocenters. The van der Waals surface area contributed by atoms with Gasteiger partial charge in [-0.25, -0.2) is 4.98 Å². The first-order chi connectivity index (χ1) is 16.6. The zero-order valence-corrected chi connectivity index (χ0v) is 20.7. The number of aromatic nitrogens is 3. The van der Waals surface area contributed by atoms with Gasteiger partial charge in [-0.05, 0) is 12.8 Å². The van der Waals surface area contributed by atoms with E-state index in [-0.39, 0.29) is 11.2 Å². The fraction of sp³-hybridized carbons (Fsp3) is 0.700. The molecule has 6 N–H and O–H groups in total. The van der Waals surface area contributed by atoms with E-state index in [1.54, 1.807) is 10.6 Å². The molecule has 196 valence electrons. The van der Waals surface area contributed by atoms with Crippen LogP contribution in [-0.4, -0.2) is 96.3 Å². The first-order valence-corrected chi connectivity index (χ1v) is 13.2. The van der Waals surface area contributed by atoms with Crippen LogP contribution in [0.4, 0.5) is 5.82 Å². The van der Waals surface area contributed by atoms with Crippen molar-refractivity contribution in [2.75, 3.05) is 32.2 Å². The Morgan fingerprint density at radius 1 is 1.31 bits per heavy atom. The third kappa shape index (κ3) is 5.21. The highest BCUT2D eigenvalue weighted by atomic mass is 35.5. The average molecular weight is 537 g/mol. The minimum absolute atomic E-state index is 0.210. The van der Waals surface area contributed by atoms with Gasteiger partial charge in [0, 0.05) is 24.8 Å². The molecule has 1 saturated heterocycles. The zero-order chi connectivity index (χ0) is 25.4. The minimum atomic E-state index is -4.98. The summed E-state index contributed by atoms with van der Waals surface area (Å²) in [5.74, 6) is 0.639. The quantitative estimate of drug-likeness (QED) is 0.182. The van der Waals surface area contributed by atoms with Crippen LogP contribution in [0.15, 0.2) is 12.3 Å². The van der Waals surface area contributed by atoms with Gasteiger partial charge in [0.2, 0.25) is 5.34 Å². The number of fused-ring (bicyclic) bond motifs is 1. The van der Waals surface area contributed by atoms with E-state index in [1.165, 1.54) is 13.3 Å². The molecule has 2 fully saturated rings. The van der Waals surface area contributed by atoms with E-state index >= 15 is 0 Å². The summed E-state index contributed by atoms with van der Waals surface area (Å²) in [4.78, 5) is 23.7. The first-order valence-electron chi connectivity index (χ1n) is 11.2. The van der Waals surface area contributed by atoms with Gasteiger partial charge in [0.25, 0.3) is 0 Å². The summed E-state index contributed by atoms with van der Waals surface area (Å²) in [6.45, 7) is -2.17. The Morgan fingerprint density at radius 2 is 2.03 bits per heavy atom. The van der Waals surface area contributed by atoms with Crippen molar-refractivity contribution in [3.63, 3.8) is 0 Å². The van der Waals surface area contributed by atoms with Gasteiger partial charge in [-0.3, -0.25) is 4.57 Å². The van der Waals surface area contributed by atoms with Gasteiger partial charge < -0.3 is 44.6 Å². The van der Waals surface area contributed by atoms with Gasteiger partial charge in [0.05, 0.1) is 26.0 Å². The van der Waals surface area contributed by atoms with E-state index in [1.807, 2.05) is 0 Å². The Morgan fingerprint density at radius 3 is 2.66 bits per heavy atom. The molecule has 1 aliphatic heterocycles. The van der Waals surface area contributed by atoms with Crippen LogP contribution in [0.3, 0.4) is 0 Å². The van der Waals surface area contributed by atoms with Crippen molar-refractivity contribution in [3.8, 4) is 0 Å². The Hall–Kier alpha value is -1.38. The Bertz CT molecular complexity index is 1080. The number of ether oxygens (including phenoxy) is 3. The number of rotatable bonds is 10. The number of aliphatic hydroxyl groups is 3. The lowest BCUT2D eigenvalue weighted by Gasteiger charge is -2.32. The molecule has 4 rings (SSSR count). The van der Waals surface area contributed by atoms with Crippen molar-refractivity contribution in [2.24, 2.45) is 0 Å². The van der Waals surface area contributed by atoms with Crippen molar-refractivity contribution >= 4 is 30.7 Å². The van der Waals surface area contributed by atoms with E-state index in [2.05, 4.69) is 15.4 Å². The number of aliphatic hydroxyl groups excluding tert-OH is 3.